The van der Waals surface area contributed by atoms with Gasteiger partial charge in [0.2, 0.25) is 0 Å². The lowest BCUT2D eigenvalue weighted by Gasteiger charge is -2.09. The van der Waals surface area contributed by atoms with Gasteiger partial charge in [-0.05, 0) is 44.4 Å². The van der Waals surface area contributed by atoms with Gasteiger partial charge in [0, 0.05) is 6.04 Å². The van der Waals surface area contributed by atoms with Crippen LogP contribution in [-0.2, 0) is 6.42 Å². The molecule has 0 radical (unpaired) electrons. The van der Waals surface area contributed by atoms with Crippen LogP contribution in [0, 0.1) is 0 Å². The van der Waals surface area contributed by atoms with Gasteiger partial charge in [0.05, 0.1) is 6.61 Å². The van der Waals surface area contributed by atoms with Crippen LogP contribution >= 0.6 is 0 Å². The highest BCUT2D eigenvalue weighted by atomic mass is 16.5. The van der Waals surface area contributed by atoms with Gasteiger partial charge in [-0.25, -0.2) is 0 Å². The molecule has 1 aromatic rings. The molecule has 0 bridgehead atoms. The Balaban J connectivity index is 2.69. The number of aryl methyl sites for hydroxylation is 1. The molecule has 1 rings (SSSR count). The second-order valence-corrected chi connectivity index (χ2v) is 3.75. The predicted octanol–water partition coefficient (Wildman–Crippen LogP) is 2.07. The highest BCUT2D eigenvalue weighted by Gasteiger charge is 2.04. The zero-order chi connectivity index (χ0) is 11.3. The Kier molecular flexibility index (Phi) is 4.43. The number of hydrogen-bond acceptors (Lipinski definition) is 3. The zero-order valence-electron chi connectivity index (χ0n) is 9.36. The molecule has 0 fully saturated rings. The van der Waals surface area contributed by atoms with Crippen LogP contribution in [0.15, 0.2) is 18.2 Å². The molecule has 3 N–H and O–H groups in total. The highest BCUT2D eigenvalue weighted by molar-refractivity contribution is 5.41. The summed E-state index contributed by atoms with van der Waals surface area (Å²) < 4.78 is 5.30. The summed E-state index contributed by atoms with van der Waals surface area (Å²) in [5.74, 6) is 0.751. The molecule has 0 aliphatic carbocycles. The van der Waals surface area contributed by atoms with Crippen LogP contribution in [0.1, 0.15) is 25.8 Å². The van der Waals surface area contributed by atoms with Crippen LogP contribution in [0.3, 0.4) is 0 Å². The minimum Gasteiger partial charge on any atom is -0.504 e. The van der Waals surface area contributed by atoms with Gasteiger partial charge in [-0.3, -0.25) is 0 Å². The molecule has 0 saturated heterocycles. The molecule has 0 saturated carbocycles. The number of nitrogens with two attached hydrogens (primary N) is 1. The number of rotatable bonds is 5. The van der Waals surface area contributed by atoms with Crippen LogP contribution in [-0.4, -0.2) is 17.8 Å². The number of phenols is 1. The van der Waals surface area contributed by atoms with Gasteiger partial charge >= 0.3 is 0 Å². The molecule has 0 amide bonds. The van der Waals surface area contributed by atoms with E-state index in [4.69, 9.17) is 10.5 Å². The van der Waals surface area contributed by atoms with Crippen molar-refractivity contribution < 1.29 is 9.84 Å². The Bertz CT molecular complexity index is 310. The van der Waals surface area contributed by atoms with Gasteiger partial charge in [-0.1, -0.05) is 6.07 Å². The number of phenolic OH excluding ortho intramolecular Hbond substituents is 1. The van der Waals surface area contributed by atoms with E-state index < -0.39 is 0 Å². The van der Waals surface area contributed by atoms with E-state index >= 15 is 0 Å². The normalized spacial score (nSPS) is 12.5. The quantitative estimate of drug-likeness (QED) is 0.780. The molecule has 0 aromatic heterocycles. The number of hydrogen-bond donors (Lipinski definition) is 2. The van der Waals surface area contributed by atoms with Crippen molar-refractivity contribution in [2.24, 2.45) is 5.73 Å². The van der Waals surface area contributed by atoms with Gasteiger partial charge in [0.25, 0.3) is 0 Å². The lowest BCUT2D eigenvalue weighted by Crippen LogP contribution is -2.15. The second-order valence-electron chi connectivity index (χ2n) is 3.75. The Morgan fingerprint density at radius 2 is 2.20 bits per heavy atom. The second kappa shape index (κ2) is 5.61. The molecule has 1 aromatic carbocycles. The largest absolute Gasteiger partial charge is 0.504 e. The van der Waals surface area contributed by atoms with Crippen molar-refractivity contribution in [3.63, 3.8) is 0 Å². The minimum atomic E-state index is 0.196. The van der Waals surface area contributed by atoms with E-state index in [1.807, 2.05) is 26.0 Å². The van der Waals surface area contributed by atoms with E-state index in [1.54, 1.807) is 6.07 Å². The molecule has 1 unspecified atom stereocenters. The van der Waals surface area contributed by atoms with Gasteiger partial charge in [0.1, 0.15) is 0 Å². The lowest BCUT2D eigenvalue weighted by molar-refractivity contribution is 0.317. The smallest absolute Gasteiger partial charge is 0.161 e. The molecule has 84 valence electrons. The Morgan fingerprint density at radius 3 is 2.80 bits per heavy atom. The first-order chi connectivity index (χ1) is 7.13. The first-order valence-corrected chi connectivity index (χ1v) is 5.33. The zero-order valence-corrected chi connectivity index (χ0v) is 9.36. The summed E-state index contributed by atoms with van der Waals surface area (Å²) in [4.78, 5) is 0. The van der Waals surface area contributed by atoms with Crippen molar-refractivity contribution in [1.29, 1.82) is 0 Å². The predicted molar refractivity (Wildman–Crippen MR) is 61.2 cm³/mol. The fraction of sp³-hybridized carbons (Fsp3) is 0.500. The molecule has 15 heavy (non-hydrogen) atoms. The summed E-state index contributed by atoms with van der Waals surface area (Å²) in [6, 6.07) is 5.65. The van der Waals surface area contributed by atoms with E-state index in [0.29, 0.717) is 12.4 Å². The van der Waals surface area contributed by atoms with Gasteiger partial charge < -0.3 is 15.6 Å². The van der Waals surface area contributed by atoms with E-state index in [0.717, 1.165) is 18.4 Å². The molecule has 0 aliphatic heterocycles. The summed E-state index contributed by atoms with van der Waals surface area (Å²) in [6.07, 6.45) is 1.86. The van der Waals surface area contributed by atoms with Crippen LogP contribution in [0.5, 0.6) is 11.5 Å². The van der Waals surface area contributed by atoms with E-state index in [1.165, 1.54) is 0 Å². The maximum Gasteiger partial charge on any atom is 0.161 e. The van der Waals surface area contributed by atoms with E-state index in [2.05, 4.69) is 0 Å². The Hall–Kier alpha value is -1.22. The number of benzene rings is 1. The standard InChI is InChI=1S/C12H19NO2/c1-3-15-12-8-10(5-4-9(2)13)6-7-11(12)14/h6-9,14H,3-5,13H2,1-2H3. The van der Waals surface area contributed by atoms with Crippen molar-refractivity contribution in [2.45, 2.75) is 32.7 Å². The fourth-order valence-electron chi connectivity index (χ4n) is 1.38. The lowest BCUT2D eigenvalue weighted by atomic mass is 10.1. The summed E-state index contributed by atoms with van der Waals surface area (Å²) in [5, 5.41) is 9.49. The first kappa shape index (κ1) is 11.9. The average molecular weight is 209 g/mol. The van der Waals surface area contributed by atoms with Crippen molar-refractivity contribution in [2.75, 3.05) is 6.61 Å². The van der Waals surface area contributed by atoms with Gasteiger partial charge in [-0.2, -0.15) is 0 Å². The molecular formula is C12H19NO2. The highest BCUT2D eigenvalue weighted by Crippen LogP contribution is 2.27. The summed E-state index contributed by atoms with van der Waals surface area (Å²) >= 11 is 0. The first-order valence-electron chi connectivity index (χ1n) is 5.33. The third-order valence-corrected chi connectivity index (χ3v) is 2.21. The molecule has 0 heterocycles. The molecule has 0 spiro atoms. The van der Waals surface area contributed by atoms with Crippen molar-refractivity contribution in [3.8, 4) is 11.5 Å². The third kappa shape index (κ3) is 3.80. The van der Waals surface area contributed by atoms with E-state index in [-0.39, 0.29) is 11.8 Å². The van der Waals surface area contributed by atoms with Crippen LogP contribution in [0.2, 0.25) is 0 Å². The fourth-order valence-corrected chi connectivity index (χ4v) is 1.38. The summed E-state index contributed by atoms with van der Waals surface area (Å²) in [5.41, 5.74) is 6.83. The summed E-state index contributed by atoms with van der Waals surface area (Å²) in [6.45, 7) is 4.45. The van der Waals surface area contributed by atoms with Crippen LogP contribution < -0.4 is 10.5 Å². The van der Waals surface area contributed by atoms with Crippen molar-refractivity contribution in [1.82, 2.24) is 0 Å². The van der Waals surface area contributed by atoms with Crippen LogP contribution in [0.4, 0.5) is 0 Å². The Morgan fingerprint density at radius 1 is 1.47 bits per heavy atom. The Labute approximate surface area is 90.9 Å². The van der Waals surface area contributed by atoms with Crippen molar-refractivity contribution >= 4 is 0 Å². The minimum absolute atomic E-state index is 0.196. The molecule has 3 heteroatoms. The maximum absolute atomic E-state index is 9.49. The number of ether oxygens (including phenoxy) is 1. The maximum atomic E-state index is 9.49. The summed E-state index contributed by atoms with van der Waals surface area (Å²) in [7, 11) is 0. The van der Waals surface area contributed by atoms with Gasteiger partial charge in [0.15, 0.2) is 11.5 Å². The van der Waals surface area contributed by atoms with Crippen molar-refractivity contribution in [3.05, 3.63) is 23.8 Å². The SMILES string of the molecule is CCOc1cc(CCC(C)N)ccc1O. The molecule has 0 aliphatic rings. The molecule has 3 nitrogen and oxygen atoms in total. The monoisotopic (exact) mass is 209 g/mol. The van der Waals surface area contributed by atoms with E-state index in [9.17, 15) is 5.11 Å². The molecule has 1 atom stereocenters. The average Bonchev–Trinajstić information content (AvgIpc) is 2.19. The molecular weight excluding hydrogens is 190 g/mol. The topological polar surface area (TPSA) is 55.5 Å². The van der Waals surface area contributed by atoms with Crippen LogP contribution in [0.25, 0.3) is 0 Å². The third-order valence-electron chi connectivity index (χ3n) is 2.21. The van der Waals surface area contributed by atoms with Gasteiger partial charge in [-0.15, -0.1) is 0 Å². The number of aromatic hydroxyl groups is 1.